The highest BCUT2D eigenvalue weighted by molar-refractivity contribution is 7.87. The second kappa shape index (κ2) is 8.23. The number of ether oxygens (including phenoxy) is 2. The van der Waals surface area contributed by atoms with Gasteiger partial charge in [0.25, 0.3) is 15.8 Å². The fourth-order valence-electron chi connectivity index (χ4n) is 3.69. The lowest BCUT2D eigenvalue weighted by molar-refractivity contribution is 0.181. The maximum absolute atomic E-state index is 12.6. The third-order valence-corrected chi connectivity index (χ3v) is 6.91. The Bertz CT molecular complexity index is 1030. The second-order valence-corrected chi connectivity index (χ2v) is 8.88. The molecule has 2 aliphatic heterocycles. The van der Waals surface area contributed by atoms with Crippen LogP contribution >= 0.6 is 0 Å². The van der Waals surface area contributed by atoms with Crippen molar-refractivity contribution in [2.75, 3.05) is 33.4 Å². The van der Waals surface area contributed by atoms with Crippen molar-refractivity contribution in [1.82, 2.24) is 18.8 Å². The molecule has 29 heavy (non-hydrogen) atoms. The molecule has 0 spiro atoms. The molecule has 1 aromatic heterocycles. The van der Waals surface area contributed by atoms with Gasteiger partial charge in [-0.25, -0.2) is 4.68 Å². The molecule has 3 heterocycles. The molecule has 10 heteroatoms. The molecule has 1 N–H and O–H groups in total. The van der Waals surface area contributed by atoms with E-state index >= 15 is 0 Å². The topological polar surface area (TPSA) is 103 Å². The van der Waals surface area contributed by atoms with Crippen molar-refractivity contribution in [3.8, 4) is 17.0 Å². The van der Waals surface area contributed by atoms with Crippen LogP contribution in [0.5, 0.6) is 5.75 Å². The third-order valence-electron chi connectivity index (χ3n) is 5.26. The van der Waals surface area contributed by atoms with Gasteiger partial charge < -0.3 is 9.47 Å². The van der Waals surface area contributed by atoms with E-state index in [4.69, 9.17) is 9.47 Å². The van der Waals surface area contributed by atoms with Crippen LogP contribution in [0.4, 0.5) is 0 Å². The highest BCUT2D eigenvalue weighted by atomic mass is 32.2. The molecule has 0 amide bonds. The van der Waals surface area contributed by atoms with Crippen molar-refractivity contribution >= 4 is 10.2 Å². The number of nitrogens with zero attached hydrogens (tertiary/aromatic N) is 3. The summed E-state index contributed by atoms with van der Waals surface area (Å²) in [4.78, 5) is 12.5. The van der Waals surface area contributed by atoms with E-state index in [0.717, 1.165) is 18.4 Å². The molecular formula is C19H24N4O5S. The van der Waals surface area contributed by atoms with Crippen molar-refractivity contribution in [2.45, 2.75) is 24.9 Å². The van der Waals surface area contributed by atoms with Crippen LogP contribution in [0.1, 0.15) is 18.9 Å². The van der Waals surface area contributed by atoms with Crippen molar-refractivity contribution in [3.05, 3.63) is 46.8 Å². The van der Waals surface area contributed by atoms with Gasteiger partial charge in [0, 0.05) is 24.7 Å². The van der Waals surface area contributed by atoms with Gasteiger partial charge in [-0.3, -0.25) is 4.79 Å². The highest BCUT2D eigenvalue weighted by Crippen LogP contribution is 2.24. The summed E-state index contributed by atoms with van der Waals surface area (Å²) in [5.41, 5.74) is 1.08. The zero-order chi connectivity index (χ0) is 20.4. The van der Waals surface area contributed by atoms with Crippen molar-refractivity contribution in [3.63, 3.8) is 0 Å². The Morgan fingerprint density at radius 1 is 1.17 bits per heavy atom. The fourth-order valence-corrected chi connectivity index (χ4v) is 5.19. The summed E-state index contributed by atoms with van der Waals surface area (Å²) in [5.74, 6) is 0.683. The number of hydrogen-bond donors (Lipinski definition) is 1. The molecule has 9 nitrogen and oxygen atoms in total. The lowest BCUT2D eigenvalue weighted by atomic mass is 10.1. The van der Waals surface area contributed by atoms with E-state index in [1.807, 2.05) is 24.3 Å². The number of methoxy groups -OCH3 is 1. The standard InChI is InChI=1S/C19H24N4O5S/c1-27-15-6-4-5-14(11-15)16-7-8-19(24)23(20-16)18-13-28-12-17(18)21-29(25,26)22-9-2-3-10-22/h4-8,11,17-18,21H,2-3,9-10,12-13H2,1H3. The average molecular weight is 420 g/mol. The summed E-state index contributed by atoms with van der Waals surface area (Å²) in [6.45, 7) is 1.42. The van der Waals surface area contributed by atoms with Crippen molar-refractivity contribution < 1.29 is 17.9 Å². The summed E-state index contributed by atoms with van der Waals surface area (Å²) in [6, 6.07) is 9.37. The van der Waals surface area contributed by atoms with Gasteiger partial charge in [-0.2, -0.15) is 22.5 Å². The molecule has 2 aromatic rings. The number of benzene rings is 1. The monoisotopic (exact) mass is 420 g/mol. The summed E-state index contributed by atoms with van der Waals surface area (Å²) < 4.78 is 41.5. The molecule has 1 aromatic carbocycles. The quantitative estimate of drug-likeness (QED) is 0.741. The van der Waals surface area contributed by atoms with Crippen molar-refractivity contribution in [1.29, 1.82) is 0 Å². The van der Waals surface area contributed by atoms with Gasteiger partial charge >= 0.3 is 0 Å². The van der Waals surface area contributed by atoms with Gasteiger partial charge in [-0.05, 0) is 31.0 Å². The Morgan fingerprint density at radius 3 is 2.72 bits per heavy atom. The molecular weight excluding hydrogens is 396 g/mol. The van der Waals surface area contributed by atoms with Gasteiger partial charge in [-0.15, -0.1) is 0 Å². The van der Waals surface area contributed by atoms with E-state index in [-0.39, 0.29) is 18.8 Å². The predicted molar refractivity (Wildman–Crippen MR) is 107 cm³/mol. The van der Waals surface area contributed by atoms with Crippen LogP contribution in [0.2, 0.25) is 0 Å². The maximum Gasteiger partial charge on any atom is 0.279 e. The lowest BCUT2D eigenvalue weighted by Gasteiger charge is -2.23. The minimum atomic E-state index is -3.62. The summed E-state index contributed by atoms with van der Waals surface area (Å²) in [5, 5.41) is 4.50. The molecule has 0 saturated carbocycles. The number of nitrogens with one attached hydrogen (secondary N) is 1. The molecule has 156 valence electrons. The smallest absolute Gasteiger partial charge is 0.279 e. The summed E-state index contributed by atoms with van der Waals surface area (Å²) in [6.07, 6.45) is 1.71. The zero-order valence-electron chi connectivity index (χ0n) is 16.2. The largest absolute Gasteiger partial charge is 0.497 e. The highest BCUT2D eigenvalue weighted by Gasteiger charge is 2.37. The Morgan fingerprint density at radius 2 is 1.97 bits per heavy atom. The second-order valence-electron chi connectivity index (χ2n) is 7.17. The van der Waals surface area contributed by atoms with Crippen molar-refractivity contribution in [2.24, 2.45) is 0 Å². The van der Waals surface area contributed by atoms with Gasteiger partial charge in [0.15, 0.2) is 0 Å². The van der Waals surface area contributed by atoms with Crippen LogP contribution in [0.15, 0.2) is 41.2 Å². The Labute approximate surface area is 169 Å². The maximum atomic E-state index is 12.6. The third kappa shape index (κ3) is 4.20. The van der Waals surface area contributed by atoms with Crippen LogP contribution in [0, 0.1) is 0 Å². The van der Waals surface area contributed by atoms with E-state index in [1.165, 1.54) is 15.1 Å². The molecule has 4 rings (SSSR count). The zero-order valence-corrected chi connectivity index (χ0v) is 17.0. The van der Waals surface area contributed by atoms with E-state index < -0.39 is 22.3 Å². The van der Waals surface area contributed by atoms with Crippen LogP contribution in [-0.2, 0) is 14.9 Å². The minimum Gasteiger partial charge on any atom is -0.497 e. The van der Waals surface area contributed by atoms with E-state index in [0.29, 0.717) is 24.5 Å². The van der Waals surface area contributed by atoms with Crippen LogP contribution in [-0.4, -0.2) is 62.0 Å². The van der Waals surface area contributed by atoms with Gasteiger partial charge in [0.2, 0.25) is 0 Å². The Hall–Kier alpha value is -2.27. The Kier molecular flexibility index (Phi) is 5.68. The molecule has 2 unspecified atom stereocenters. The summed E-state index contributed by atoms with van der Waals surface area (Å²) in [7, 11) is -2.04. The van der Waals surface area contributed by atoms with Crippen LogP contribution < -0.4 is 15.0 Å². The molecule has 2 saturated heterocycles. The molecule has 0 aliphatic carbocycles. The fraction of sp³-hybridized carbons (Fsp3) is 0.474. The average Bonchev–Trinajstić information content (AvgIpc) is 3.41. The van der Waals surface area contributed by atoms with E-state index in [9.17, 15) is 13.2 Å². The number of hydrogen-bond acceptors (Lipinski definition) is 6. The molecule has 0 radical (unpaired) electrons. The van der Waals surface area contributed by atoms with Crippen LogP contribution in [0.3, 0.4) is 0 Å². The lowest BCUT2D eigenvalue weighted by Crippen LogP contribution is -2.48. The SMILES string of the molecule is COc1cccc(-c2ccc(=O)n(C3COCC3NS(=O)(=O)N3CCCC3)n2)c1. The summed E-state index contributed by atoms with van der Waals surface area (Å²) >= 11 is 0. The molecule has 2 aliphatic rings. The Balaban J connectivity index is 1.62. The van der Waals surface area contributed by atoms with Gasteiger partial charge in [0.1, 0.15) is 5.75 Å². The van der Waals surface area contributed by atoms with Gasteiger partial charge in [0.05, 0.1) is 38.1 Å². The first kappa shape index (κ1) is 20.0. The normalized spacial score (nSPS) is 22.8. The van der Waals surface area contributed by atoms with Crippen LogP contribution in [0.25, 0.3) is 11.3 Å². The number of rotatable bonds is 6. The molecule has 0 bridgehead atoms. The first-order chi connectivity index (χ1) is 14.0. The minimum absolute atomic E-state index is 0.190. The van der Waals surface area contributed by atoms with E-state index in [1.54, 1.807) is 13.2 Å². The van der Waals surface area contributed by atoms with Gasteiger partial charge in [-0.1, -0.05) is 12.1 Å². The number of aromatic nitrogens is 2. The predicted octanol–water partition coefficient (Wildman–Crippen LogP) is 0.789. The molecule has 2 fully saturated rings. The first-order valence-corrected chi connectivity index (χ1v) is 11.0. The van der Waals surface area contributed by atoms with E-state index in [2.05, 4.69) is 9.82 Å². The molecule has 2 atom stereocenters. The first-order valence-electron chi connectivity index (χ1n) is 9.57.